The lowest BCUT2D eigenvalue weighted by Gasteiger charge is -2.19. The highest BCUT2D eigenvalue weighted by Crippen LogP contribution is 2.26. The van der Waals surface area contributed by atoms with E-state index in [2.05, 4.69) is 38.2 Å². The number of amides is 1. The topological polar surface area (TPSA) is 80.6 Å². The van der Waals surface area contributed by atoms with E-state index < -0.39 is 5.91 Å². The molecule has 2 aromatic carbocycles. The molecule has 6 nitrogen and oxygen atoms in total. The Morgan fingerprint density at radius 1 is 1.24 bits per heavy atom. The molecular formula is C27H32N2O4. The summed E-state index contributed by atoms with van der Waals surface area (Å²) in [6.07, 6.45) is 3.52. The lowest BCUT2D eigenvalue weighted by molar-refractivity contribution is -0.117. The van der Waals surface area contributed by atoms with Gasteiger partial charge < -0.3 is 19.5 Å². The van der Waals surface area contributed by atoms with Crippen molar-refractivity contribution in [2.24, 2.45) is 0 Å². The minimum atomic E-state index is -0.402. The van der Waals surface area contributed by atoms with Crippen molar-refractivity contribution >= 4 is 12.0 Å². The number of hydrogen-bond acceptors (Lipinski definition) is 5. The van der Waals surface area contributed by atoms with E-state index in [1.807, 2.05) is 36.4 Å². The van der Waals surface area contributed by atoms with Crippen LogP contribution in [0.15, 0.2) is 48.0 Å². The van der Waals surface area contributed by atoms with Gasteiger partial charge in [-0.1, -0.05) is 39.0 Å². The summed E-state index contributed by atoms with van der Waals surface area (Å²) in [5, 5.41) is 12.3. The second-order valence-electron chi connectivity index (χ2n) is 9.15. The Balaban J connectivity index is 1.69. The van der Waals surface area contributed by atoms with Crippen molar-refractivity contribution in [1.82, 2.24) is 5.32 Å². The maximum atomic E-state index is 12.4. The summed E-state index contributed by atoms with van der Waals surface area (Å²) in [6.45, 7) is 7.94. The Labute approximate surface area is 196 Å². The van der Waals surface area contributed by atoms with Crippen LogP contribution in [0.4, 0.5) is 0 Å². The van der Waals surface area contributed by atoms with Gasteiger partial charge in [0.05, 0.1) is 13.2 Å². The first-order chi connectivity index (χ1) is 15.8. The highest BCUT2D eigenvalue weighted by molar-refractivity contribution is 6.01. The zero-order valence-corrected chi connectivity index (χ0v) is 19.8. The quantitative estimate of drug-likeness (QED) is 0.465. The molecule has 0 radical (unpaired) electrons. The molecule has 1 amide bonds. The molecule has 6 heteroatoms. The van der Waals surface area contributed by atoms with Gasteiger partial charge in [0, 0.05) is 18.7 Å². The molecule has 33 heavy (non-hydrogen) atoms. The maximum Gasteiger partial charge on any atom is 0.262 e. The van der Waals surface area contributed by atoms with Crippen molar-refractivity contribution in [3.05, 3.63) is 64.7 Å². The van der Waals surface area contributed by atoms with E-state index in [4.69, 9.17) is 14.2 Å². The minimum absolute atomic E-state index is 0.0242. The average Bonchev–Trinajstić information content (AvgIpc) is 3.33. The number of hydrogen-bond donors (Lipinski definition) is 1. The molecule has 0 bridgehead atoms. The second-order valence-corrected chi connectivity index (χ2v) is 9.15. The van der Waals surface area contributed by atoms with Crippen LogP contribution in [0.5, 0.6) is 11.5 Å². The summed E-state index contributed by atoms with van der Waals surface area (Å²) in [5.74, 6) is 1.04. The Bertz CT molecular complexity index is 1020. The Hall–Kier alpha value is -3.30. The van der Waals surface area contributed by atoms with E-state index in [1.165, 1.54) is 5.56 Å². The number of carbonyl (C=O) groups is 1. The van der Waals surface area contributed by atoms with Gasteiger partial charge in [0.15, 0.2) is 0 Å². The molecule has 1 fully saturated rings. The predicted molar refractivity (Wildman–Crippen MR) is 128 cm³/mol. The Kier molecular flexibility index (Phi) is 8.13. The number of nitriles is 1. The third-order valence-corrected chi connectivity index (χ3v) is 5.61. The van der Waals surface area contributed by atoms with Crippen LogP contribution in [0.25, 0.3) is 6.08 Å². The lowest BCUT2D eigenvalue weighted by atomic mass is 9.87. The van der Waals surface area contributed by atoms with Gasteiger partial charge >= 0.3 is 0 Å². The molecule has 1 N–H and O–H groups in total. The number of carbonyl (C=O) groups excluding carboxylic acids is 1. The third-order valence-electron chi connectivity index (χ3n) is 5.61. The zero-order valence-electron chi connectivity index (χ0n) is 19.8. The van der Waals surface area contributed by atoms with Gasteiger partial charge in [0.25, 0.3) is 5.91 Å². The van der Waals surface area contributed by atoms with Crippen LogP contribution < -0.4 is 14.8 Å². The van der Waals surface area contributed by atoms with Crippen LogP contribution in [-0.2, 0) is 21.6 Å². The summed E-state index contributed by atoms with van der Waals surface area (Å²) >= 11 is 0. The molecule has 1 aliphatic rings. The number of nitrogens with one attached hydrogen (secondary N) is 1. The normalized spacial score (nSPS) is 16.2. The van der Waals surface area contributed by atoms with Gasteiger partial charge in [-0.2, -0.15) is 5.26 Å². The van der Waals surface area contributed by atoms with Crippen molar-refractivity contribution in [2.75, 3.05) is 20.3 Å². The first kappa shape index (κ1) is 24.3. The number of benzene rings is 2. The number of rotatable bonds is 8. The molecule has 0 spiro atoms. The van der Waals surface area contributed by atoms with E-state index in [0.29, 0.717) is 18.9 Å². The molecule has 1 heterocycles. The molecule has 174 valence electrons. The number of nitrogens with zero attached hydrogens (tertiary/aromatic N) is 1. The highest BCUT2D eigenvalue weighted by atomic mass is 16.5. The van der Waals surface area contributed by atoms with E-state index in [0.717, 1.165) is 36.3 Å². The molecule has 2 aromatic rings. The molecule has 1 unspecified atom stereocenters. The average molecular weight is 449 g/mol. The molecule has 0 aliphatic carbocycles. The minimum Gasteiger partial charge on any atom is -0.496 e. The van der Waals surface area contributed by atoms with Gasteiger partial charge in [-0.15, -0.1) is 0 Å². The Morgan fingerprint density at radius 3 is 2.61 bits per heavy atom. The third kappa shape index (κ3) is 6.84. The van der Waals surface area contributed by atoms with Crippen molar-refractivity contribution in [3.8, 4) is 17.6 Å². The van der Waals surface area contributed by atoms with Gasteiger partial charge in [-0.3, -0.25) is 4.79 Å². The lowest BCUT2D eigenvalue weighted by Crippen LogP contribution is -2.32. The van der Waals surface area contributed by atoms with Crippen molar-refractivity contribution in [2.45, 2.75) is 51.7 Å². The molecule has 3 rings (SSSR count). The van der Waals surface area contributed by atoms with Crippen LogP contribution in [0.1, 0.15) is 50.3 Å². The maximum absolute atomic E-state index is 12.4. The summed E-state index contributed by atoms with van der Waals surface area (Å²) in [4.78, 5) is 12.4. The fourth-order valence-corrected chi connectivity index (χ4v) is 3.64. The first-order valence-corrected chi connectivity index (χ1v) is 11.2. The molecule has 0 aromatic heterocycles. The second kappa shape index (κ2) is 11.0. The van der Waals surface area contributed by atoms with E-state index in [9.17, 15) is 10.1 Å². The molecule has 0 saturated carbocycles. The van der Waals surface area contributed by atoms with Gasteiger partial charge in [0.2, 0.25) is 0 Å². The van der Waals surface area contributed by atoms with E-state index >= 15 is 0 Å². The van der Waals surface area contributed by atoms with Crippen LogP contribution >= 0.6 is 0 Å². The monoisotopic (exact) mass is 448 g/mol. The Morgan fingerprint density at radius 2 is 2.00 bits per heavy atom. The van der Waals surface area contributed by atoms with Crippen molar-refractivity contribution < 1.29 is 19.0 Å². The summed E-state index contributed by atoms with van der Waals surface area (Å²) < 4.78 is 17.0. The fourth-order valence-electron chi connectivity index (χ4n) is 3.64. The summed E-state index contributed by atoms with van der Waals surface area (Å²) in [6, 6.07) is 15.5. The molecule has 1 atom stereocenters. The summed E-state index contributed by atoms with van der Waals surface area (Å²) in [5.41, 5.74) is 2.91. The molecule has 1 aliphatic heterocycles. The van der Waals surface area contributed by atoms with E-state index in [1.54, 1.807) is 13.2 Å². The first-order valence-electron chi connectivity index (χ1n) is 11.2. The van der Waals surface area contributed by atoms with Crippen LogP contribution in [0, 0.1) is 11.3 Å². The smallest absolute Gasteiger partial charge is 0.262 e. The van der Waals surface area contributed by atoms with Gasteiger partial charge in [-0.05, 0) is 59.7 Å². The largest absolute Gasteiger partial charge is 0.496 e. The van der Waals surface area contributed by atoms with Gasteiger partial charge in [-0.25, -0.2) is 0 Å². The zero-order chi connectivity index (χ0) is 23.8. The van der Waals surface area contributed by atoms with E-state index in [-0.39, 0.29) is 17.1 Å². The van der Waals surface area contributed by atoms with Crippen LogP contribution in [0.2, 0.25) is 0 Å². The van der Waals surface area contributed by atoms with Crippen molar-refractivity contribution in [1.29, 1.82) is 5.26 Å². The van der Waals surface area contributed by atoms with Crippen LogP contribution in [-0.4, -0.2) is 32.3 Å². The fraction of sp³-hybridized carbons (Fsp3) is 0.407. The van der Waals surface area contributed by atoms with Gasteiger partial charge in [0.1, 0.15) is 29.7 Å². The standard InChI is InChI=1S/C27H32N2O4/c1-27(2,3)22-8-10-23(11-9-22)33-18-21-15-19(7-12-25(21)31-4)14-20(16-28)26(30)29-17-24-6-5-13-32-24/h7-12,14-15,24H,5-6,13,17-18H2,1-4H3,(H,29,30). The number of methoxy groups -OCH3 is 1. The van der Waals surface area contributed by atoms with Crippen molar-refractivity contribution in [3.63, 3.8) is 0 Å². The predicted octanol–water partition coefficient (Wildman–Crippen LogP) is 4.77. The molecular weight excluding hydrogens is 416 g/mol. The number of ether oxygens (including phenoxy) is 3. The molecule has 1 saturated heterocycles. The highest BCUT2D eigenvalue weighted by Gasteiger charge is 2.18. The van der Waals surface area contributed by atoms with Crippen LogP contribution in [0.3, 0.4) is 0 Å². The summed E-state index contributed by atoms with van der Waals surface area (Å²) in [7, 11) is 1.60. The SMILES string of the molecule is COc1ccc(C=C(C#N)C(=O)NCC2CCCO2)cc1COc1ccc(C(C)(C)C)cc1.